The van der Waals surface area contributed by atoms with E-state index in [1.165, 1.54) is 0 Å². The van der Waals surface area contributed by atoms with Crippen molar-refractivity contribution in [2.45, 2.75) is 83.6 Å². The zero-order chi connectivity index (χ0) is 32.4. The van der Waals surface area contributed by atoms with Gasteiger partial charge in [-0.15, -0.1) is 0 Å². The van der Waals surface area contributed by atoms with E-state index < -0.39 is 42.1 Å². The largest absolute Gasteiger partial charge is 0.390 e. The van der Waals surface area contributed by atoms with E-state index in [-0.39, 0.29) is 30.6 Å². The third-order valence-corrected chi connectivity index (χ3v) is 6.93. The zero-order valence-electron chi connectivity index (χ0n) is 26.3. The number of aromatic nitrogens is 1. The van der Waals surface area contributed by atoms with Crippen LogP contribution in [0.4, 0.5) is 4.79 Å². The van der Waals surface area contributed by atoms with Crippen LogP contribution in [0.2, 0.25) is 0 Å². The van der Waals surface area contributed by atoms with Crippen LogP contribution in [0.5, 0.6) is 0 Å². The van der Waals surface area contributed by atoms with Crippen molar-refractivity contribution in [2.75, 3.05) is 13.1 Å². The maximum atomic E-state index is 13.2. The lowest BCUT2D eigenvalue weighted by atomic mass is 9.99. The maximum Gasteiger partial charge on any atom is 0.317 e. The van der Waals surface area contributed by atoms with Crippen molar-refractivity contribution in [1.82, 2.24) is 25.8 Å². The van der Waals surface area contributed by atoms with E-state index in [0.717, 1.165) is 10.9 Å². The minimum atomic E-state index is -1.41. The van der Waals surface area contributed by atoms with Crippen molar-refractivity contribution in [1.29, 1.82) is 0 Å². The number of benzene rings is 2. The van der Waals surface area contributed by atoms with Gasteiger partial charge in [0.2, 0.25) is 0 Å². The number of aliphatic hydroxyl groups excluding tert-OH is 3. The minimum Gasteiger partial charge on any atom is -0.390 e. The summed E-state index contributed by atoms with van der Waals surface area (Å²) in [4.78, 5) is 32.3. The van der Waals surface area contributed by atoms with Gasteiger partial charge < -0.3 is 36.6 Å². The molecule has 0 radical (unpaired) electrons. The van der Waals surface area contributed by atoms with Crippen molar-refractivity contribution >= 4 is 22.8 Å². The molecule has 1 heterocycles. The highest BCUT2D eigenvalue weighted by Crippen LogP contribution is 2.15. The SMILES string of the molecule is CC(C)CN(CC(O)C(Cc1ccccc1)NC(O)C(CC(N)O)NC(=O)c1ccc2ccccc2n1)C(=O)NC(C)(C)C. The number of para-hydroxylation sites is 1. The number of fused-ring (bicyclic) bond motifs is 1. The highest BCUT2D eigenvalue weighted by atomic mass is 16.3. The number of carbonyl (C=O) groups excluding carboxylic acids is 2. The second-order valence-electron chi connectivity index (χ2n) is 12.7. The van der Waals surface area contributed by atoms with Gasteiger partial charge in [-0.2, -0.15) is 0 Å². The van der Waals surface area contributed by atoms with Crippen LogP contribution in [0.15, 0.2) is 66.7 Å². The first-order chi connectivity index (χ1) is 20.7. The molecule has 240 valence electrons. The molecule has 1 aromatic heterocycles. The van der Waals surface area contributed by atoms with Gasteiger partial charge in [0.25, 0.3) is 5.91 Å². The van der Waals surface area contributed by atoms with Crippen LogP contribution >= 0.6 is 0 Å². The van der Waals surface area contributed by atoms with Gasteiger partial charge in [0.1, 0.15) is 18.1 Å². The molecule has 0 aliphatic rings. The molecule has 8 N–H and O–H groups in total. The summed E-state index contributed by atoms with van der Waals surface area (Å²) in [7, 11) is 0. The van der Waals surface area contributed by atoms with Gasteiger partial charge in [-0.05, 0) is 50.8 Å². The number of nitrogens with zero attached hydrogens (tertiary/aromatic N) is 2. The molecule has 44 heavy (non-hydrogen) atoms. The number of nitrogens with one attached hydrogen (secondary N) is 3. The van der Waals surface area contributed by atoms with E-state index in [1.54, 1.807) is 23.1 Å². The fourth-order valence-electron chi connectivity index (χ4n) is 4.91. The normalized spacial score (nSPS) is 15.3. The van der Waals surface area contributed by atoms with E-state index in [0.29, 0.717) is 18.5 Å². The quantitative estimate of drug-likeness (QED) is 0.137. The predicted octanol–water partition coefficient (Wildman–Crippen LogP) is 2.35. The molecule has 0 saturated carbocycles. The van der Waals surface area contributed by atoms with Crippen molar-refractivity contribution in [3.63, 3.8) is 0 Å². The van der Waals surface area contributed by atoms with Gasteiger partial charge >= 0.3 is 6.03 Å². The zero-order valence-corrected chi connectivity index (χ0v) is 26.3. The number of hydrogen-bond donors (Lipinski definition) is 7. The number of hydrogen-bond acceptors (Lipinski definition) is 8. The van der Waals surface area contributed by atoms with Gasteiger partial charge in [0.05, 0.1) is 17.7 Å². The van der Waals surface area contributed by atoms with Crippen LogP contribution in [-0.2, 0) is 6.42 Å². The van der Waals surface area contributed by atoms with E-state index in [1.807, 2.05) is 83.1 Å². The smallest absolute Gasteiger partial charge is 0.317 e. The molecule has 0 spiro atoms. The summed E-state index contributed by atoms with van der Waals surface area (Å²) in [5.41, 5.74) is 6.89. The van der Waals surface area contributed by atoms with Gasteiger partial charge in [-0.1, -0.05) is 68.4 Å². The summed E-state index contributed by atoms with van der Waals surface area (Å²) < 4.78 is 0. The average Bonchev–Trinajstić information content (AvgIpc) is 2.94. The van der Waals surface area contributed by atoms with Crippen LogP contribution < -0.4 is 21.7 Å². The lowest BCUT2D eigenvalue weighted by Crippen LogP contribution is -2.59. The summed E-state index contributed by atoms with van der Waals surface area (Å²) in [5, 5.41) is 42.5. The van der Waals surface area contributed by atoms with Crippen LogP contribution in [0.3, 0.4) is 0 Å². The number of aliphatic hydroxyl groups is 3. The monoisotopic (exact) mass is 608 g/mol. The molecule has 3 aromatic rings. The molecule has 5 unspecified atom stereocenters. The van der Waals surface area contributed by atoms with E-state index in [2.05, 4.69) is 20.9 Å². The predicted molar refractivity (Wildman–Crippen MR) is 172 cm³/mol. The number of carbonyl (C=O) groups is 2. The first-order valence-electron chi connectivity index (χ1n) is 15.1. The fourth-order valence-corrected chi connectivity index (χ4v) is 4.91. The van der Waals surface area contributed by atoms with Crippen LogP contribution in [0, 0.1) is 5.92 Å². The van der Waals surface area contributed by atoms with Gasteiger partial charge in [0, 0.05) is 36.5 Å². The molecular formula is C33H48N6O5. The van der Waals surface area contributed by atoms with Gasteiger partial charge in [-0.3, -0.25) is 10.1 Å². The molecule has 3 rings (SSSR count). The Balaban J connectivity index is 1.82. The first kappa shape index (κ1) is 34.9. The molecule has 11 heteroatoms. The highest BCUT2D eigenvalue weighted by Gasteiger charge is 2.31. The van der Waals surface area contributed by atoms with Crippen molar-refractivity contribution in [2.24, 2.45) is 11.7 Å². The Kier molecular flexibility index (Phi) is 12.6. The molecule has 0 bridgehead atoms. The number of nitrogens with two attached hydrogens (primary N) is 1. The molecule has 0 saturated heterocycles. The van der Waals surface area contributed by atoms with Gasteiger partial charge in [-0.25, -0.2) is 9.78 Å². The van der Waals surface area contributed by atoms with Crippen LogP contribution in [0.1, 0.15) is 57.1 Å². The first-order valence-corrected chi connectivity index (χ1v) is 15.1. The molecular weight excluding hydrogens is 560 g/mol. The Labute approximate surface area is 259 Å². The summed E-state index contributed by atoms with van der Waals surface area (Å²) in [6.45, 7) is 10.0. The van der Waals surface area contributed by atoms with Crippen molar-refractivity contribution in [3.8, 4) is 0 Å². The molecule has 5 atom stereocenters. The Hall–Kier alpha value is -3.61. The Morgan fingerprint density at radius 1 is 0.909 bits per heavy atom. The molecule has 0 aliphatic heterocycles. The Morgan fingerprint density at radius 2 is 1.57 bits per heavy atom. The third kappa shape index (κ3) is 11.1. The van der Waals surface area contributed by atoms with Crippen LogP contribution in [0.25, 0.3) is 10.9 Å². The summed E-state index contributed by atoms with van der Waals surface area (Å²) >= 11 is 0. The fraction of sp³-hybridized carbons (Fsp3) is 0.485. The second kappa shape index (κ2) is 15.9. The topological polar surface area (TPSA) is 173 Å². The summed E-state index contributed by atoms with van der Waals surface area (Å²) in [6, 6.07) is 18.1. The second-order valence-corrected chi connectivity index (χ2v) is 12.7. The molecule has 2 aromatic carbocycles. The average molecular weight is 609 g/mol. The Bertz CT molecular complexity index is 1350. The number of pyridine rings is 1. The summed E-state index contributed by atoms with van der Waals surface area (Å²) in [5.74, 6) is -0.405. The highest BCUT2D eigenvalue weighted by molar-refractivity contribution is 5.95. The molecule has 0 aliphatic carbocycles. The number of rotatable bonds is 14. The lowest BCUT2D eigenvalue weighted by molar-refractivity contribution is 0.0192. The molecule has 3 amide bonds. The molecule has 0 fully saturated rings. The third-order valence-electron chi connectivity index (χ3n) is 6.93. The standard InChI is InChI=1S/C33H48N6O5/c1-21(2)19-39(32(44)38-33(3,4)5)20-28(40)26(17-22-11-7-6-8-12-22)36-31(43)27(18-29(34)41)37-30(42)25-16-15-23-13-9-10-14-24(23)35-25/h6-16,21,26-29,31,36,40-41,43H,17-20,34H2,1-5H3,(H,37,42)(H,38,44). The van der Waals surface area contributed by atoms with E-state index in [4.69, 9.17) is 5.73 Å². The van der Waals surface area contributed by atoms with Crippen LogP contribution in [-0.4, -0.2) is 86.4 Å². The van der Waals surface area contributed by atoms with E-state index >= 15 is 0 Å². The molecule has 11 nitrogen and oxygen atoms in total. The van der Waals surface area contributed by atoms with Crippen molar-refractivity contribution in [3.05, 3.63) is 78.0 Å². The van der Waals surface area contributed by atoms with Crippen molar-refractivity contribution < 1.29 is 24.9 Å². The van der Waals surface area contributed by atoms with Gasteiger partial charge in [0.15, 0.2) is 0 Å². The summed E-state index contributed by atoms with van der Waals surface area (Å²) in [6.07, 6.45) is -3.71. The minimum absolute atomic E-state index is 0.00510. The maximum absolute atomic E-state index is 13.2. The number of urea groups is 1. The Morgan fingerprint density at radius 3 is 2.20 bits per heavy atom. The lowest BCUT2D eigenvalue weighted by Gasteiger charge is -2.35. The number of amides is 3. The van der Waals surface area contributed by atoms with E-state index in [9.17, 15) is 24.9 Å².